The minimum absolute atomic E-state index is 0.256. The summed E-state index contributed by atoms with van der Waals surface area (Å²) in [5.41, 5.74) is 0. The molecule has 0 bridgehead atoms. The van der Waals surface area contributed by atoms with Crippen LogP contribution in [0.15, 0.2) is 0 Å². The molecule has 0 aliphatic heterocycles. The van der Waals surface area contributed by atoms with Gasteiger partial charge in [-0.3, -0.25) is 0 Å². The van der Waals surface area contributed by atoms with E-state index in [-0.39, 0.29) is 5.92 Å². The zero-order valence-electron chi connectivity index (χ0n) is 9.14. The van der Waals surface area contributed by atoms with Crippen LogP contribution in [-0.2, 0) is 14.3 Å². The number of alkyl halides is 6. The lowest BCUT2D eigenvalue weighted by Gasteiger charge is -2.28. The number of rotatable bonds is 6. The lowest BCUT2D eigenvalue weighted by atomic mass is 10.0. The van der Waals surface area contributed by atoms with Crippen LogP contribution in [0.1, 0.15) is 12.8 Å². The van der Waals surface area contributed by atoms with Crippen molar-refractivity contribution in [3.05, 3.63) is 0 Å². The Morgan fingerprint density at radius 2 is 1.53 bits per heavy atom. The Morgan fingerprint density at radius 1 is 1.05 bits per heavy atom. The molecular weight excluding hydrogens is 286 g/mol. The summed E-state index contributed by atoms with van der Waals surface area (Å²) in [6.45, 7) is -0.594. The van der Waals surface area contributed by atoms with Crippen LogP contribution in [0.2, 0.25) is 0 Å². The summed E-state index contributed by atoms with van der Waals surface area (Å²) in [5, 5.41) is 7.83. The van der Waals surface area contributed by atoms with E-state index in [9.17, 15) is 35.9 Å². The predicted molar refractivity (Wildman–Crippen MR) is 46.2 cm³/mol. The van der Waals surface area contributed by atoms with Crippen molar-refractivity contribution >= 4 is 11.9 Å². The van der Waals surface area contributed by atoms with Crippen LogP contribution in [0.25, 0.3) is 0 Å². The monoisotopic (exact) mass is 294 g/mol. The zero-order chi connectivity index (χ0) is 15.1. The normalized spacial score (nSPS) is 17.2. The van der Waals surface area contributed by atoms with Crippen LogP contribution in [0.4, 0.5) is 26.3 Å². The number of hydrogen-bond acceptors (Lipinski definition) is 3. The van der Waals surface area contributed by atoms with Gasteiger partial charge in [-0.05, 0) is 18.8 Å². The number of carbonyl (C=O) groups excluding carboxylic acids is 1. The van der Waals surface area contributed by atoms with Crippen LogP contribution in [0.5, 0.6) is 0 Å². The maximum atomic E-state index is 13.0. The van der Waals surface area contributed by atoms with Gasteiger partial charge < -0.3 is 9.84 Å². The molecule has 1 aliphatic carbocycles. The van der Waals surface area contributed by atoms with Crippen LogP contribution >= 0.6 is 0 Å². The zero-order valence-corrected chi connectivity index (χ0v) is 9.14. The quantitative estimate of drug-likeness (QED) is 0.600. The largest absolute Gasteiger partial charge is 0.477 e. The van der Waals surface area contributed by atoms with E-state index < -0.39 is 36.3 Å². The second kappa shape index (κ2) is 4.57. The first kappa shape index (κ1) is 15.6. The standard InChI is InChI=1S/C9H8F6O4/c10-7(11,5(16)17)9(14,15)8(12,13)6(18)19-3-4-1-2-4/h4H,1-3H2,(H,16,17). The highest BCUT2D eigenvalue weighted by Gasteiger charge is 2.79. The fraction of sp³-hybridized carbons (Fsp3) is 0.778. The average molecular weight is 294 g/mol. The molecule has 110 valence electrons. The summed E-state index contributed by atoms with van der Waals surface area (Å²) in [5.74, 6) is -25.0. The molecule has 1 aliphatic rings. The molecule has 0 aromatic rings. The first-order valence-electron chi connectivity index (χ1n) is 4.98. The number of carboxylic acid groups (broad SMARTS) is 1. The van der Waals surface area contributed by atoms with Gasteiger partial charge in [0.1, 0.15) is 0 Å². The third kappa shape index (κ3) is 2.61. The highest BCUT2D eigenvalue weighted by Crippen LogP contribution is 2.46. The summed E-state index contributed by atoms with van der Waals surface area (Å²) in [7, 11) is 0. The Morgan fingerprint density at radius 3 is 1.89 bits per heavy atom. The van der Waals surface area contributed by atoms with Crippen molar-refractivity contribution in [3.63, 3.8) is 0 Å². The number of carboxylic acids is 1. The summed E-state index contributed by atoms with van der Waals surface area (Å²) in [4.78, 5) is 20.6. The fourth-order valence-corrected chi connectivity index (χ4v) is 1.03. The van der Waals surface area contributed by atoms with E-state index in [2.05, 4.69) is 4.74 Å². The maximum Gasteiger partial charge on any atom is 0.411 e. The summed E-state index contributed by atoms with van der Waals surface area (Å²) >= 11 is 0. The number of carbonyl (C=O) groups is 2. The van der Waals surface area contributed by atoms with Gasteiger partial charge in [-0.15, -0.1) is 0 Å². The Balaban J connectivity index is 2.88. The summed E-state index contributed by atoms with van der Waals surface area (Å²) < 4.78 is 80.5. The first-order valence-corrected chi connectivity index (χ1v) is 4.98. The first-order chi connectivity index (χ1) is 8.44. The molecule has 0 radical (unpaired) electrons. The lowest BCUT2D eigenvalue weighted by molar-refractivity contribution is -0.299. The van der Waals surface area contributed by atoms with Gasteiger partial charge in [0, 0.05) is 0 Å². The van der Waals surface area contributed by atoms with Crippen molar-refractivity contribution in [2.24, 2.45) is 5.92 Å². The van der Waals surface area contributed by atoms with Gasteiger partial charge in [-0.2, -0.15) is 26.3 Å². The highest BCUT2D eigenvalue weighted by atomic mass is 19.3. The van der Waals surface area contributed by atoms with E-state index in [0.29, 0.717) is 12.8 Å². The molecule has 10 heteroatoms. The molecule has 0 amide bonds. The van der Waals surface area contributed by atoms with Gasteiger partial charge in [0.15, 0.2) is 0 Å². The lowest BCUT2D eigenvalue weighted by Crippen LogP contribution is -2.61. The fourth-order valence-electron chi connectivity index (χ4n) is 1.03. The molecule has 0 saturated heterocycles. The molecule has 0 heterocycles. The number of halogens is 6. The SMILES string of the molecule is O=C(O)C(F)(F)C(F)(F)C(F)(F)C(=O)OCC1CC1. The molecule has 1 rings (SSSR count). The van der Waals surface area contributed by atoms with E-state index in [4.69, 9.17) is 5.11 Å². The molecule has 1 saturated carbocycles. The second-order valence-corrected chi connectivity index (χ2v) is 4.07. The van der Waals surface area contributed by atoms with Crippen molar-refractivity contribution in [2.45, 2.75) is 30.6 Å². The van der Waals surface area contributed by atoms with Gasteiger partial charge in [-0.1, -0.05) is 0 Å². The second-order valence-electron chi connectivity index (χ2n) is 4.07. The van der Waals surface area contributed by atoms with E-state index in [0.717, 1.165) is 0 Å². The third-order valence-corrected chi connectivity index (χ3v) is 2.46. The van der Waals surface area contributed by atoms with E-state index in [1.165, 1.54) is 0 Å². The molecule has 1 fully saturated rings. The average Bonchev–Trinajstić information content (AvgIpc) is 3.08. The molecular formula is C9H8F6O4. The minimum atomic E-state index is -6.40. The number of hydrogen-bond donors (Lipinski definition) is 1. The molecule has 0 aromatic heterocycles. The molecule has 0 atom stereocenters. The Kier molecular flexibility index (Phi) is 3.74. The van der Waals surface area contributed by atoms with Gasteiger partial charge in [0.25, 0.3) is 0 Å². The van der Waals surface area contributed by atoms with Gasteiger partial charge in [-0.25, -0.2) is 9.59 Å². The Hall–Kier alpha value is -1.48. The molecule has 4 nitrogen and oxygen atoms in total. The third-order valence-electron chi connectivity index (χ3n) is 2.46. The minimum Gasteiger partial charge on any atom is -0.477 e. The van der Waals surface area contributed by atoms with Crippen molar-refractivity contribution in [2.75, 3.05) is 6.61 Å². The van der Waals surface area contributed by atoms with Crippen LogP contribution < -0.4 is 0 Å². The smallest absolute Gasteiger partial charge is 0.411 e. The van der Waals surface area contributed by atoms with Gasteiger partial charge >= 0.3 is 29.7 Å². The van der Waals surface area contributed by atoms with Crippen LogP contribution in [0.3, 0.4) is 0 Å². The van der Waals surface area contributed by atoms with Crippen LogP contribution in [-0.4, -0.2) is 41.4 Å². The number of ether oxygens (including phenoxy) is 1. The molecule has 19 heavy (non-hydrogen) atoms. The molecule has 0 spiro atoms. The van der Waals surface area contributed by atoms with E-state index >= 15 is 0 Å². The van der Waals surface area contributed by atoms with E-state index in [1.54, 1.807) is 0 Å². The van der Waals surface area contributed by atoms with Crippen molar-refractivity contribution < 1.29 is 45.8 Å². The maximum absolute atomic E-state index is 13.0. The molecule has 0 unspecified atom stereocenters. The van der Waals surface area contributed by atoms with Crippen molar-refractivity contribution in [1.29, 1.82) is 0 Å². The summed E-state index contributed by atoms with van der Waals surface area (Å²) in [6.07, 6.45) is 1.08. The van der Waals surface area contributed by atoms with E-state index in [1.807, 2.05) is 0 Å². The topological polar surface area (TPSA) is 63.6 Å². The van der Waals surface area contributed by atoms with Gasteiger partial charge in [0.05, 0.1) is 6.61 Å². The predicted octanol–water partition coefficient (Wildman–Crippen LogP) is 1.93. The molecule has 1 N–H and O–H groups in total. The number of aliphatic carboxylic acids is 1. The Bertz CT molecular complexity index is 390. The number of esters is 1. The Labute approximate surface area is 102 Å². The van der Waals surface area contributed by atoms with Crippen LogP contribution in [0, 0.1) is 5.92 Å². The molecule has 0 aromatic carbocycles. The van der Waals surface area contributed by atoms with Crippen molar-refractivity contribution in [3.8, 4) is 0 Å². The van der Waals surface area contributed by atoms with Crippen molar-refractivity contribution in [1.82, 2.24) is 0 Å². The van der Waals surface area contributed by atoms with Gasteiger partial charge in [0.2, 0.25) is 0 Å². The highest BCUT2D eigenvalue weighted by molar-refractivity contribution is 5.83. The summed E-state index contributed by atoms with van der Waals surface area (Å²) in [6, 6.07) is 0.